The molecule has 7 nitrogen and oxygen atoms in total. The summed E-state index contributed by atoms with van der Waals surface area (Å²) in [5, 5.41) is 26.6. The van der Waals surface area contributed by atoms with Gasteiger partial charge in [-0.05, 0) is 56.6 Å². The highest BCUT2D eigenvalue weighted by molar-refractivity contribution is 5.86. The molecule has 0 aromatic heterocycles. The Hall–Kier alpha value is -3.45. The number of unbranched alkanes of at least 4 members (excludes halogenated alkanes) is 1. The van der Waals surface area contributed by atoms with E-state index in [1.165, 1.54) is 0 Å². The minimum Gasteiger partial charge on any atom is -0.481 e. The van der Waals surface area contributed by atoms with E-state index < -0.39 is 17.9 Å². The predicted octanol–water partition coefficient (Wildman–Crippen LogP) is 5.89. The molecule has 0 aliphatic carbocycles. The summed E-state index contributed by atoms with van der Waals surface area (Å²) in [6.07, 6.45) is 22.6. The zero-order chi connectivity index (χ0) is 26.6. The molecular weight excluding hydrogens is 448 g/mol. The van der Waals surface area contributed by atoms with Crippen LogP contribution in [0.4, 0.5) is 0 Å². The van der Waals surface area contributed by atoms with Crippen LogP contribution in [0.5, 0.6) is 0 Å². The molecule has 0 aliphatic heterocycles. The van der Waals surface area contributed by atoms with Gasteiger partial charge in [0.05, 0.1) is 12.5 Å². The summed E-state index contributed by atoms with van der Waals surface area (Å²) in [4.78, 5) is 32.4. The molecule has 1 unspecified atom stereocenters. The van der Waals surface area contributed by atoms with E-state index in [9.17, 15) is 14.4 Å². The SMILES string of the molecule is COC(C/C=C\C=C\CC/C=C/C[C@H](C)/C=C/C(=C\C(=O)O)CC(=O)O)/C(C)=C\C=C(/C)C(=O)O. The maximum atomic E-state index is 10.9. The van der Waals surface area contributed by atoms with Crippen molar-refractivity contribution in [3.05, 3.63) is 83.6 Å². The fourth-order valence-corrected chi connectivity index (χ4v) is 2.84. The van der Waals surface area contributed by atoms with Gasteiger partial charge in [-0.2, -0.15) is 0 Å². The average molecular weight is 487 g/mol. The van der Waals surface area contributed by atoms with E-state index >= 15 is 0 Å². The van der Waals surface area contributed by atoms with Crippen molar-refractivity contribution in [2.75, 3.05) is 7.11 Å². The summed E-state index contributed by atoms with van der Waals surface area (Å²) in [7, 11) is 1.63. The lowest BCUT2D eigenvalue weighted by Crippen LogP contribution is -2.10. The Morgan fingerprint density at radius 1 is 0.886 bits per heavy atom. The maximum absolute atomic E-state index is 10.9. The van der Waals surface area contributed by atoms with Gasteiger partial charge in [-0.25, -0.2) is 9.59 Å². The molecule has 0 radical (unpaired) electrons. The zero-order valence-electron chi connectivity index (χ0n) is 21.0. The molecule has 0 heterocycles. The highest BCUT2D eigenvalue weighted by Gasteiger charge is 2.07. The van der Waals surface area contributed by atoms with Gasteiger partial charge in [0.25, 0.3) is 0 Å². The largest absolute Gasteiger partial charge is 0.481 e. The zero-order valence-corrected chi connectivity index (χ0v) is 21.0. The van der Waals surface area contributed by atoms with Crippen molar-refractivity contribution >= 4 is 17.9 Å². The average Bonchev–Trinajstić information content (AvgIpc) is 2.78. The third-order valence-corrected chi connectivity index (χ3v) is 4.94. The van der Waals surface area contributed by atoms with Crippen molar-refractivity contribution in [1.29, 1.82) is 0 Å². The second kappa shape index (κ2) is 18.9. The molecule has 3 N–H and O–H groups in total. The standard InChI is InChI=1S/C28H38O7/c1-21(15-18-24(19-26(29)30)20-27(31)32)13-11-9-7-5-6-8-10-12-14-25(35-4)22(2)16-17-23(3)28(33)34/h6,8-12,15-19,21,25H,5,7,13-14,20H2,1-4H3,(H,29,30)(H,31,32)(H,33,34)/b8-6+,11-9+,12-10-,18-15+,22-16-,23-17+,24-19+/t21-,25?/m0/s1. The van der Waals surface area contributed by atoms with Gasteiger partial charge in [0, 0.05) is 18.8 Å². The lowest BCUT2D eigenvalue weighted by atomic mass is 10.0. The lowest BCUT2D eigenvalue weighted by molar-refractivity contribution is -0.136. The number of hydrogen-bond acceptors (Lipinski definition) is 4. The number of carboxylic acid groups (broad SMARTS) is 3. The summed E-state index contributed by atoms with van der Waals surface area (Å²) < 4.78 is 5.47. The molecule has 2 atom stereocenters. The Morgan fingerprint density at radius 3 is 2.14 bits per heavy atom. The van der Waals surface area contributed by atoms with E-state index in [2.05, 4.69) is 18.2 Å². The topological polar surface area (TPSA) is 121 Å². The van der Waals surface area contributed by atoms with E-state index in [1.807, 2.05) is 38.2 Å². The predicted molar refractivity (Wildman–Crippen MR) is 138 cm³/mol. The molecule has 0 spiro atoms. The number of rotatable bonds is 17. The molecule has 35 heavy (non-hydrogen) atoms. The number of aliphatic carboxylic acids is 3. The molecule has 0 bridgehead atoms. The molecule has 0 aromatic carbocycles. The summed E-state index contributed by atoms with van der Waals surface area (Å²) in [5.74, 6) is -3.01. The molecule has 0 fully saturated rings. The van der Waals surface area contributed by atoms with Gasteiger partial charge >= 0.3 is 17.9 Å². The van der Waals surface area contributed by atoms with E-state index in [0.29, 0.717) is 6.42 Å². The molecule has 0 rings (SSSR count). The first kappa shape index (κ1) is 31.6. The second-order valence-corrected chi connectivity index (χ2v) is 8.13. The van der Waals surface area contributed by atoms with Gasteiger partial charge in [0.1, 0.15) is 0 Å². The second-order valence-electron chi connectivity index (χ2n) is 8.13. The highest BCUT2D eigenvalue weighted by Crippen LogP contribution is 2.12. The molecule has 0 saturated heterocycles. The minimum absolute atomic E-state index is 0.115. The Kier molecular flexibility index (Phi) is 17.1. The maximum Gasteiger partial charge on any atom is 0.331 e. The summed E-state index contributed by atoms with van der Waals surface area (Å²) >= 11 is 0. The van der Waals surface area contributed by atoms with Crippen LogP contribution in [0, 0.1) is 5.92 Å². The van der Waals surface area contributed by atoms with Gasteiger partial charge < -0.3 is 20.1 Å². The molecule has 192 valence electrons. The molecular formula is C28H38O7. The van der Waals surface area contributed by atoms with Crippen LogP contribution in [0.3, 0.4) is 0 Å². The number of methoxy groups -OCH3 is 1. The van der Waals surface area contributed by atoms with Crippen LogP contribution < -0.4 is 0 Å². The van der Waals surface area contributed by atoms with E-state index in [-0.39, 0.29) is 29.6 Å². The number of carboxylic acids is 3. The van der Waals surface area contributed by atoms with Gasteiger partial charge in [0.2, 0.25) is 0 Å². The molecule has 7 heteroatoms. The van der Waals surface area contributed by atoms with Gasteiger partial charge in [-0.3, -0.25) is 4.79 Å². The summed E-state index contributed by atoms with van der Waals surface area (Å²) in [6, 6.07) is 0. The smallest absolute Gasteiger partial charge is 0.331 e. The quantitative estimate of drug-likeness (QED) is 0.101. The third kappa shape index (κ3) is 17.7. The third-order valence-electron chi connectivity index (χ3n) is 4.94. The number of carbonyl (C=O) groups is 3. The van der Waals surface area contributed by atoms with Crippen LogP contribution in [0.1, 0.15) is 52.9 Å². The normalized spacial score (nSPS) is 15.5. The van der Waals surface area contributed by atoms with Crippen LogP contribution in [-0.4, -0.2) is 46.4 Å². The van der Waals surface area contributed by atoms with Crippen molar-refractivity contribution in [3.8, 4) is 0 Å². The first-order chi connectivity index (χ1) is 16.6. The van der Waals surface area contributed by atoms with Gasteiger partial charge in [0.15, 0.2) is 0 Å². The Bertz CT molecular complexity index is 898. The number of hydrogen-bond donors (Lipinski definition) is 3. The fourth-order valence-electron chi connectivity index (χ4n) is 2.84. The Morgan fingerprint density at radius 2 is 1.54 bits per heavy atom. The van der Waals surface area contributed by atoms with E-state index in [0.717, 1.165) is 30.9 Å². The van der Waals surface area contributed by atoms with Crippen LogP contribution in [0.2, 0.25) is 0 Å². The van der Waals surface area contributed by atoms with Crippen LogP contribution >= 0.6 is 0 Å². The Labute approximate surface area is 208 Å². The van der Waals surface area contributed by atoms with Crippen molar-refractivity contribution in [1.82, 2.24) is 0 Å². The Balaban J connectivity index is 4.41. The first-order valence-electron chi connectivity index (χ1n) is 11.5. The molecule has 0 amide bonds. The van der Waals surface area contributed by atoms with Gasteiger partial charge in [-0.1, -0.05) is 67.7 Å². The summed E-state index contributed by atoms with van der Waals surface area (Å²) in [5.41, 5.74) is 1.48. The van der Waals surface area contributed by atoms with Crippen molar-refractivity contribution < 1.29 is 34.4 Å². The first-order valence-corrected chi connectivity index (χ1v) is 11.5. The monoisotopic (exact) mass is 486 g/mol. The van der Waals surface area contributed by atoms with Crippen molar-refractivity contribution in [2.45, 2.75) is 59.0 Å². The minimum atomic E-state index is -1.16. The molecule has 0 aliphatic rings. The van der Waals surface area contributed by atoms with Crippen LogP contribution in [0.15, 0.2) is 83.6 Å². The van der Waals surface area contributed by atoms with E-state index in [1.54, 1.807) is 32.3 Å². The lowest BCUT2D eigenvalue weighted by Gasteiger charge is -2.13. The summed E-state index contributed by atoms with van der Waals surface area (Å²) in [6.45, 7) is 5.44. The van der Waals surface area contributed by atoms with Crippen molar-refractivity contribution in [2.24, 2.45) is 5.92 Å². The van der Waals surface area contributed by atoms with E-state index in [4.69, 9.17) is 20.1 Å². The fraction of sp³-hybridized carbons (Fsp3) is 0.393. The van der Waals surface area contributed by atoms with Crippen molar-refractivity contribution in [3.63, 3.8) is 0 Å². The van der Waals surface area contributed by atoms with Gasteiger partial charge in [-0.15, -0.1) is 0 Å². The molecule has 0 aromatic rings. The number of ether oxygens (including phenoxy) is 1. The molecule has 0 saturated carbocycles. The van der Waals surface area contributed by atoms with Crippen LogP contribution in [0.25, 0.3) is 0 Å². The number of allylic oxidation sites excluding steroid dienone is 9. The highest BCUT2D eigenvalue weighted by atomic mass is 16.5. The van der Waals surface area contributed by atoms with Crippen LogP contribution in [-0.2, 0) is 19.1 Å².